The van der Waals surface area contributed by atoms with Crippen molar-refractivity contribution < 1.29 is 14.3 Å². The summed E-state index contributed by atoms with van der Waals surface area (Å²) < 4.78 is 11.5. The van der Waals surface area contributed by atoms with Crippen LogP contribution in [0.4, 0.5) is 0 Å². The lowest BCUT2D eigenvalue weighted by Crippen LogP contribution is -2.14. The van der Waals surface area contributed by atoms with Gasteiger partial charge in [0.25, 0.3) is 0 Å². The minimum atomic E-state index is -0.519. The van der Waals surface area contributed by atoms with Crippen LogP contribution in [0.2, 0.25) is 0 Å². The third kappa shape index (κ3) is 5.76. The topological polar surface area (TPSA) is 86.5 Å². The fourth-order valence-electron chi connectivity index (χ4n) is 2.25. The molecule has 0 atom stereocenters. The van der Waals surface area contributed by atoms with Gasteiger partial charge in [-0.3, -0.25) is 4.79 Å². The second-order valence-corrected chi connectivity index (χ2v) is 5.60. The van der Waals surface area contributed by atoms with Gasteiger partial charge >= 0.3 is 0 Å². The summed E-state index contributed by atoms with van der Waals surface area (Å²) in [6.07, 6.45) is 3.72. The van der Waals surface area contributed by atoms with Crippen molar-refractivity contribution in [3.63, 3.8) is 0 Å². The second-order valence-electron chi connectivity index (χ2n) is 5.60. The molecule has 134 valence electrons. The lowest BCUT2D eigenvalue weighted by molar-refractivity contribution is 0.1000. The number of primary amides is 1. The van der Waals surface area contributed by atoms with Gasteiger partial charge < -0.3 is 20.5 Å². The first kappa shape index (κ1) is 18.7. The van der Waals surface area contributed by atoms with Crippen LogP contribution in [0.15, 0.2) is 36.5 Å². The number of pyridine rings is 1. The molecule has 0 saturated carbocycles. The summed E-state index contributed by atoms with van der Waals surface area (Å²) in [5.41, 5.74) is 6.68. The van der Waals surface area contributed by atoms with E-state index in [0.29, 0.717) is 29.5 Å². The third-order valence-corrected chi connectivity index (χ3v) is 3.58. The van der Waals surface area contributed by atoms with Crippen molar-refractivity contribution in [1.82, 2.24) is 10.3 Å². The minimum absolute atomic E-state index is 0.339. The molecule has 1 aromatic carbocycles. The van der Waals surface area contributed by atoms with Gasteiger partial charge in [-0.15, -0.1) is 0 Å². The molecule has 2 aromatic rings. The number of amides is 1. The summed E-state index contributed by atoms with van der Waals surface area (Å²) in [7, 11) is 0. The molecule has 1 heterocycles. The van der Waals surface area contributed by atoms with Crippen molar-refractivity contribution in [2.75, 3.05) is 13.2 Å². The van der Waals surface area contributed by atoms with Gasteiger partial charge in [0, 0.05) is 18.8 Å². The van der Waals surface area contributed by atoms with E-state index in [1.165, 1.54) is 12.6 Å². The number of benzene rings is 1. The molecule has 0 spiro atoms. The standard InChI is InChI=1S/C19H25N3O3/c1-3-5-10-21-12-14-6-8-16(17(11-14)24-4-2)25-18-9-7-15(13-22-18)19(20)23/h6-9,11,13,21H,3-5,10,12H2,1-2H3,(H2,20,23). The van der Waals surface area contributed by atoms with Crippen LogP contribution in [0.5, 0.6) is 17.4 Å². The van der Waals surface area contributed by atoms with E-state index in [-0.39, 0.29) is 0 Å². The number of nitrogens with two attached hydrogens (primary N) is 1. The number of carbonyl (C=O) groups excluding carboxylic acids is 1. The maximum absolute atomic E-state index is 11.1. The molecule has 1 aromatic heterocycles. The average molecular weight is 343 g/mol. The molecule has 0 aliphatic rings. The highest BCUT2D eigenvalue weighted by Crippen LogP contribution is 2.32. The van der Waals surface area contributed by atoms with Crippen LogP contribution < -0.4 is 20.5 Å². The van der Waals surface area contributed by atoms with Gasteiger partial charge in [-0.05, 0) is 43.7 Å². The molecular formula is C19H25N3O3. The number of ether oxygens (including phenoxy) is 2. The largest absolute Gasteiger partial charge is 0.490 e. The number of nitrogens with one attached hydrogen (secondary N) is 1. The number of unbranched alkanes of at least 4 members (excludes halogenated alkanes) is 1. The Kier molecular flexibility index (Phi) is 7.22. The van der Waals surface area contributed by atoms with E-state index in [9.17, 15) is 4.79 Å². The molecule has 1 amide bonds. The van der Waals surface area contributed by atoms with E-state index in [2.05, 4.69) is 17.2 Å². The predicted molar refractivity (Wildman–Crippen MR) is 97.1 cm³/mol. The van der Waals surface area contributed by atoms with Crippen LogP contribution in [0.1, 0.15) is 42.6 Å². The normalized spacial score (nSPS) is 10.5. The average Bonchev–Trinajstić information content (AvgIpc) is 2.61. The lowest BCUT2D eigenvalue weighted by Gasteiger charge is -2.13. The number of nitrogens with zero attached hydrogens (tertiary/aromatic N) is 1. The van der Waals surface area contributed by atoms with Crippen molar-refractivity contribution in [1.29, 1.82) is 0 Å². The number of aromatic nitrogens is 1. The zero-order valence-corrected chi connectivity index (χ0v) is 14.7. The van der Waals surface area contributed by atoms with E-state index < -0.39 is 5.91 Å². The van der Waals surface area contributed by atoms with E-state index in [1.54, 1.807) is 12.1 Å². The third-order valence-electron chi connectivity index (χ3n) is 3.58. The molecule has 6 heteroatoms. The molecule has 25 heavy (non-hydrogen) atoms. The zero-order valence-electron chi connectivity index (χ0n) is 14.7. The number of hydrogen-bond acceptors (Lipinski definition) is 5. The number of hydrogen-bond donors (Lipinski definition) is 2. The molecule has 2 rings (SSSR count). The molecule has 0 fully saturated rings. The first-order valence-electron chi connectivity index (χ1n) is 8.54. The Morgan fingerprint density at radius 2 is 2.04 bits per heavy atom. The Morgan fingerprint density at radius 3 is 2.68 bits per heavy atom. The summed E-state index contributed by atoms with van der Waals surface area (Å²) in [6, 6.07) is 9.02. The summed E-state index contributed by atoms with van der Waals surface area (Å²) in [4.78, 5) is 15.2. The van der Waals surface area contributed by atoms with Crippen LogP contribution >= 0.6 is 0 Å². The molecule has 6 nitrogen and oxygen atoms in total. The highest BCUT2D eigenvalue weighted by molar-refractivity contribution is 5.92. The van der Waals surface area contributed by atoms with Gasteiger partial charge in [0.05, 0.1) is 12.2 Å². The van der Waals surface area contributed by atoms with Crippen LogP contribution in [0, 0.1) is 0 Å². The fourth-order valence-corrected chi connectivity index (χ4v) is 2.25. The van der Waals surface area contributed by atoms with Gasteiger partial charge in [0.1, 0.15) is 0 Å². The molecule has 0 saturated heterocycles. The monoisotopic (exact) mass is 343 g/mol. The lowest BCUT2D eigenvalue weighted by atomic mass is 10.2. The fraction of sp³-hybridized carbons (Fsp3) is 0.368. The Labute approximate surface area is 148 Å². The smallest absolute Gasteiger partial charge is 0.250 e. The first-order valence-corrected chi connectivity index (χ1v) is 8.54. The van der Waals surface area contributed by atoms with Crippen LogP contribution in [0.25, 0.3) is 0 Å². The van der Waals surface area contributed by atoms with Crippen molar-refractivity contribution in [2.45, 2.75) is 33.2 Å². The maximum Gasteiger partial charge on any atom is 0.250 e. The summed E-state index contributed by atoms with van der Waals surface area (Å²) in [6.45, 7) is 6.42. The zero-order chi connectivity index (χ0) is 18.1. The van der Waals surface area contributed by atoms with Crippen LogP contribution in [-0.2, 0) is 6.54 Å². The van der Waals surface area contributed by atoms with Crippen LogP contribution in [-0.4, -0.2) is 24.0 Å². The molecule has 0 aliphatic carbocycles. The predicted octanol–water partition coefficient (Wildman–Crippen LogP) is 3.26. The van der Waals surface area contributed by atoms with E-state index in [0.717, 1.165) is 25.1 Å². The second kappa shape index (κ2) is 9.64. The Bertz CT molecular complexity index is 687. The molecule has 0 bridgehead atoms. The summed E-state index contributed by atoms with van der Waals surface area (Å²) in [5, 5.41) is 3.41. The van der Waals surface area contributed by atoms with Gasteiger partial charge in [0.2, 0.25) is 11.8 Å². The van der Waals surface area contributed by atoms with Gasteiger partial charge in [0.15, 0.2) is 11.5 Å². The Hall–Kier alpha value is -2.60. The molecule has 0 unspecified atom stereocenters. The minimum Gasteiger partial charge on any atom is -0.490 e. The number of carbonyl (C=O) groups is 1. The van der Waals surface area contributed by atoms with Gasteiger partial charge in [-0.25, -0.2) is 4.98 Å². The van der Waals surface area contributed by atoms with Crippen molar-refractivity contribution >= 4 is 5.91 Å². The van der Waals surface area contributed by atoms with Gasteiger partial charge in [-0.1, -0.05) is 19.4 Å². The highest BCUT2D eigenvalue weighted by Gasteiger charge is 2.09. The summed E-state index contributed by atoms with van der Waals surface area (Å²) in [5.74, 6) is 1.10. The van der Waals surface area contributed by atoms with Crippen molar-refractivity contribution in [3.05, 3.63) is 47.7 Å². The Balaban J connectivity index is 2.09. The summed E-state index contributed by atoms with van der Waals surface area (Å²) >= 11 is 0. The van der Waals surface area contributed by atoms with E-state index in [1.807, 2.05) is 25.1 Å². The molecular weight excluding hydrogens is 318 g/mol. The highest BCUT2D eigenvalue weighted by atomic mass is 16.5. The molecule has 0 radical (unpaired) electrons. The molecule has 0 aliphatic heterocycles. The van der Waals surface area contributed by atoms with E-state index >= 15 is 0 Å². The molecule has 3 N–H and O–H groups in total. The number of rotatable bonds is 10. The quantitative estimate of drug-likeness (QED) is 0.647. The first-order chi connectivity index (χ1) is 12.1. The van der Waals surface area contributed by atoms with Gasteiger partial charge in [-0.2, -0.15) is 0 Å². The SMILES string of the molecule is CCCCNCc1ccc(Oc2ccc(C(N)=O)cn2)c(OCC)c1. The van der Waals surface area contributed by atoms with Crippen molar-refractivity contribution in [3.8, 4) is 17.4 Å². The Morgan fingerprint density at radius 1 is 1.20 bits per heavy atom. The maximum atomic E-state index is 11.1. The van der Waals surface area contributed by atoms with Crippen LogP contribution in [0.3, 0.4) is 0 Å². The van der Waals surface area contributed by atoms with E-state index in [4.69, 9.17) is 15.2 Å². The van der Waals surface area contributed by atoms with Crippen molar-refractivity contribution in [2.24, 2.45) is 5.73 Å².